The van der Waals surface area contributed by atoms with Gasteiger partial charge in [0.05, 0.1) is 5.41 Å². The van der Waals surface area contributed by atoms with E-state index in [0.717, 1.165) is 25.7 Å². The number of rotatable bonds is 4. The largest absolute Gasteiger partial charge is 0.481 e. The first-order valence-corrected chi connectivity index (χ1v) is 8.19. The second-order valence-corrected chi connectivity index (χ2v) is 7.37. The summed E-state index contributed by atoms with van der Waals surface area (Å²) in [4.78, 5) is 24.1. The third-order valence-electron chi connectivity index (χ3n) is 5.90. The Balaban J connectivity index is 1.58. The average Bonchev–Trinajstić information content (AvgIpc) is 3.09. The maximum absolute atomic E-state index is 12.4. The second kappa shape index (κ2) is 5.47. The summed E-state index contributed by atoms with van der Waals surface area (Å²) in [6.45, 7) is 2.47. The van der Waals surface area contributed by atoms with Gasteiger partial charge in [-0.15, -0.1) is 0 Å². The lowest BCUT2D eigenvalue weighted by Gasteiger charge is -2.36. The Kier molecular flexibility index (Phi) is 3.80. The fraction of sp³-hybridized carbons (Fsp3) is 0.765. The average molecular weight is 291 g/mol. The highest BCUT2D eigenvalue weighted by Crippen LogP contribution is 2.44. The number of hydrogen-bond acceptors (Lipinski definition) is 2. The molecule has 0 spiro atoms. The van der Waals surface area contributed by atoms with E-state index >= 15 is 0 Å². The molecule has 3 rings (SSSR count). The Morgan fingerprint density at radius 3 is 2.48 bits per heavy atom. The van der Waals surface area contributed by atoms with Gasteiger partial charge in [0.25, 0.3) is 0 Å². The molecule has 2 N–H and O–H groups in total. The van der Waals surface area contributed by atoms with Crippen molar-refractivity contribution < 1.29 is 14.7 Å². The molecule has 2 fully saturated rings. The molecule has 0 aliphatic heterocycles. The predicted molar refractivity (Wildman–Crippen MR) is 79.6 cm³/mol. The van der Waals surface area contributed by atoms with E-state index in [9.17, 15) is 14.7 Å². The minimum Gasteiger partial charge on any atom is -0.481 e. The van der Waals surface area contributed by atoms with Crippen molar-refractivity contribution in [2.75, 3.05) is 6.54 Å². The number of nitrogens with one attached hydrogen (secondary N) is 1. The molecule has 3 aliphatic rings. The quantitative estimate of drug-likeness (QED) is 0.782. The summed E-state index contributed by atoms with van der Waals surface area (Å²) in [5.41, 5.74) is -0.740. The van der Waals surface area contributed by atoms with Crippen LogP contribution in [-0.2, 0) is 9.59 Å². The van der Waals surface area contributed by atoms with Crippen LogP contribution in [0.4, 0.5) is 0 Å². The van der Waals surface area contributed by atoms with Crippen molar-refractivity contribution in [2.24, 2.45) is 29.1 Å². The lowest BCUT2D eigenvalue weighted by molar-refractivity contribution is -0.151. The first-order valence-electron chi connectivity index (χ1n) is 8.19. The monoisotopic (exact) mass is 291 g/mol. The fourth-order valence-electron chi connectivity index (χ4n) is 4.25. The van der Waals surface area contributed by atoms with E-state index in [4.69, 9.17) is 0 Å². The molecule has 21 heavy (non-hydrogen) atoms. The molecule has 3 aliphatic carbocycles. The summed E-state index contributed by atoms with van der Waals surface area (Å²) in [5, 5.41) is 12.6. The number of aliphatic carboxylic acids is 1. The zero-order valence-electron chi connectivity index (χ0n) is 12.7. The molecule has 2 saturated carbocycles. The smallest absolute Gasteiger partial charge is 0.311 e. The molecule has 0 saturated heterocycles. The maximum Gasteiger partial charge on any atom is 0.311 e. The van der Waals surface area contributed by atoms with Crippen molar-refractivity contribution in [1.82, 2.24) is 5.32 Å². The molecule has 4 heteroatoms. The van der Waals surface area contributed by atoms with Crippen LogP contribution in [0.1, 0.15) is 45.4 Å². The van der Waals surface area contributed by atoms with Crippen molar-refractivity contribution in [1.29, 1.82) is 0 Å². The van der Waals surface area contributed by atoms with Crippen LogP contribution in [0.3, 0.4) is 0 Å². The van der Waals surface area contributed by atoms with Crippen molar-refractivity contribution >= 4 is 11.9 Å². The number of allylic oxidation sites excluding steroid dienone is 2. The van der Waals surface area contributed by atoms with Crippen LogP contribution >= 0.6 is 0 Å². The summed E-state index contributed by atoms with van der Waals surface area (Å²) < 4.78 is 0. The number of fused-ring (bicyclic) bond motifs is 2. The van der Waals surface area contributed by atoms with E-state index in [1.165, 1.54) is 0 Å². The van der Waals surface area contributed by atoms with E-state index in [0.29, 0.717) is 37.1 Å². The van der Waals surface area contributed by atoms with Crippen molar-refractivity contribution in [3.05, 3.63) is 12.2 Å². The zero-order chi connectivity index (χ0) is 15.0. The highest BCUT2D eigenvalue weighted by Gasteiger charge is 2.43. The van der Waals surface area contributed by atoms with Crippen LogP contribution < -0.4 is 5.32 Å². The van der Waals surface area contributed by atoms with Gasteiger partial charge < -0.3 is 10.4 Å². The van der Waals surface area contributed by atoms with E-state index < -0.39 is 11.4 Å². The Hall–Kier alpha value is -1.32. The van der Waals surface area contributed by atoms with Crippen LogP contribution in [0, 0.1) is 29.1 Å². The van der Waals surface area contributed by atoms with Crippen LogP contribution in [-0.4, -0.2) is 23.5 Å². The van der Waals surface area contributed by atoms with Gasteiger partial charge in [-0.3, -0.25) is 9.59 Å². The number of hydrogen-bond donors (Lipinski definition) is 2. The van der Waals surface area contributed by atoms with Gasteiger partial charge in [-0.25, -0.2) is 0 Å². The van der Waals surface area contributed by atoms with Gasteiger partial charge in [0.1, 0.15) is 0 Å². The van der Waals surface area contributed by atoms with E-state index in [1.807, 2.05) is 0 Å². The van der Waals surface area contributed by atoms with Gasteiger partial charge in [-0.2, -0.15) is 0 Å². The molecule has 0 heterocycles. The summed E-state index contributed by atoms with van der Waals surface area (Å²) in [6, 6.07) is 0. The molecule has 116 valence electrons. The molecule has 3 atom stereocenters. The van der Waals surface area contributed by atoms with Crippen molar-refractivity contribution in [3.63, 3.8) is 0 Å². The Morgan fingerprint density at radius 2 is 1.95 bits per heavy atom. The molecule has 0 aromatic heterocycles. The van der Waals surface area contributed by atoms with Gasteiger partial charge >= 0.3 is 5.97 Å². The minimum absolute atomic E-state index is 0.0612. The highest BCUT2D eigenvalue weighted by atomic mass is 16.4. The Labute approximate surface area is 126 Å². The topological polar surface area (TPSA) is 66.4 Å². The van der Waals surface area contributed by atoms with Crippen LogP contribution in [0.5, 0.6) is 0 Å². The van der Waals surface area contributed by atoms with Crippen LogP contribution in [0.2, 0.25) is 0 Å². The van der Waals surface area contributed by atoms with Gasteiger partial charge in [-0.1, -0.05) is 19.1 Å². The van der Waals surface area contributed by atoms with E-state index in [2.05, 4.69) is 24.4 Å². The van der Waals surface area contributed by atoms with Crippen molar-refractivity contribution in [2.45, 2.75) is 45.4 Å². The number of carboxylic acids is 1. The van der Waals surface area contributed by atoms with Gasteiger partial charge in [0, 0.05) is 12.5 Å². The van der Waals surface area contributed by atoms with Gasteiger partial charge in [0.15, 0.2) is 0 Å². The standard InChI is InChI=1S/C17H25NO3/c1-11-4-6-17(7-5-11,16(20)21)10-18-15(19)14-9-12-2-3-13(14)8-12/h2-3,11-14H,4-10H2,1H3,(H,18,19)(H,20,21). The maximum atomic E-state index is 12.4. The van der Waals surface area contributed by atoms with Crippen LogP contribution in [0.15, 0.2) is 12.2 Å². The third-order valence-corrected chi connectivity index (χ3v) is 5.90. The summed E-state index contributed by atoms with van der Waals surface area (Å²) >= 11 is 0. The Bertz CT molecular complexity index is 463. The van der Waals surface area contributed by atoms with Gasteiger partial charge in [-0.05, 0) is 56.3 Å². The number of carbonyl (C=O) groups excluding carboxylic acids is 1. The first-order chi connectivity index (χ1) is 10.00. The molecule has 3 unspecified atom stereocenters. The number of carboxylic acid groups (broad SMARTS) is 1. The Morgan fingerprint density at radius 1 is 1.24 bits per heavy atom. The number of carbonyl (C=O) groups is 2. The molecular formula is C17H25NO3. The van der Waals surface area contributed by atoms with Crippen LogP contribution in [0.25, 0.3) is 0 Å². The lowest BCUT2D eigenvalue weighted by atomic mass is 9.70. The third kappa shape index (κ3) is 2.72. The fourth-order valence-corrected chi connectivity index (χ4v) is 4.25. The molecular weight excluding hydrogens is 266 g/mol. The second-order valence-electron chi connectivity index (χ2n) is 7.37. The molecule has 0 radical (unpaired) electrons. The molecule has 0 aromatic rings. The molecule has 1 amide bonds. The molecule has 4 nitrogen and oxygen atoms in total. The van der Waals surface area contributed by atoms with Crippen molar-refractivity contribution in [3.8, 4) is 0 Å². The number of amides is 1. The predicted octanol–water partition coefficient (Wildman–Crippen LogP) is 2.60. The summed E-state index contributed by atoms with van der Waals surface area (Å²) in [5.74, 6) is 0.919. The SMILES string of the molecule is CC1CCC(CNC(=O)C2CC3C=CC2C3)(C(=O)O)CC1. The molecule has 2 bridgehead atoms. The minimum atomic E-state index is -0.748. The normalized spacial score (nSPS) is 41.2. The summed E-state index contributed by atoms with van der Waals surface area (Å²) in [7, 11) is 0. The first kappa shape index (κ1) is 14.6. The molecule has 0 aromatic carbocycles. The van der Waals surface area contributed by atoms with Gasteiger partial charge in [0.2, 0.25) is 5.91 Å². The van der Waals surface area contributed by atoms with E-state index in [-0.39, 0.29) is 11.8 Å². The lowest BCUT2D eigenvalue weighted by Crippen LogP contribution is -2.47. The van der Waals surface area contributed by atoms with E-state index in [1.54, 1.807) is 0 Å². The highest BCUT2D eigenvalue weighted by molar-refractivity contribution is 5.81. The summed E-state index contributed by atoms with van der Waals surface area (Å²) in [6.07, 6.45) is 9.66. The zero-order valence-corrected chi connectivity index (χ0v) is 12.7.